The number of Topliss-reactive ketones (excluding diaryl/α,β-unsaturated/α-hetero) is 1. The molecule has 2 aromatic carbocycles. The summed E-state index contributed by atoms with van der Waals surface area (Å²) >= 11 is 0. The maximum absolute atomic E-state index is 12.6. The second-order valence-electron chi connectivity index (χ2n) is 6.19. The van der Waals surface area contributed by atoms with Gasteiger partial charge in [0.05, 0.1) is 16.3 Å². The third-order valence-corrected chi connectivity index (χ3v) is 4.51. The van der Waals surface area contributed by atoms with Gasteiger partial charge in [0.25, 0.3) is 5.69 Å². The number of esters is 1. The van der Waals surface area contributed by atoms with Crippen LogP contribution in [0.25, 0.3) is 0 Å². The lowest BCUT2D eigenvalue weighted by Crippen LogP contribution is -2.28. The topological polar surface area (TPSA) is 117 Å². The number of rotatable bonds is 5. The summed E-state index contributed by atoms with van der Waals surface area (Å²) in [6.07, 6.45) is 0. The Kier molecular flexibility index (Phi) is 5.27. The molecule has 9 nitrogen and oxygen atoms in total. The van der Waals surface area contributed by atoms with E-state index in [1.54, 1.807) is 23.9 Å². The molecule has 2 aromatic rings. The van der Waals surface area contributed by atoms with E-state index in [1.807, 2.05) is 30.3 Å². The number of hydrogen-bond donors (Lipinski definition) is 0. The first kappa shape index (κ1) is 19.6. The van der Waals surface area contributed by atoms with Gasteiger partial charge in [-0.15, -0.1) is 0 Å². The molecular weight excluding hydrogens is 376 g/mol. The number of anilines is 2. The van der Waals surface area contributed by atoms with E-state index in [4.69, 9.17) is 4.74 Å². The number of fused-ring (bicyclic) bond motifs is 1. The van der Waals surface area contributed by atoms with Crippen molar-refractivity contribution in [3.05, 3.63) is 75.6 Å². The lowest BCUT2D eigenvalue weighted by Gasteiger charge is -2.19. The smallest absolute Gasteiger partial charge is 0.345 e. The minimum Gasteiger partial charge on any atom is -0.453 e. The van der Waals surface area contributed by atoms with Gasteiger partial charge in [-0.1, -0.05) is 24.3 Å². The Balaban J connectivity index is 1.82. The summed E-state index contributed by atoms with van der Waals surface area (Å²) in [5.74, 6) is -1.36. The quantitative estimate of drug-likeness (QED) is 0.251. The first-order chi connectivity index (χ1) is 13.9. The molecule has 3 rings (SSSR count). The molecule has 146 valence electrons. The Morgan fingerprint density at radius 3 is 2.17 bits per heavy atom. The Bertz CT molecular complexity index is 1060. The highest BCUT2D eigenvalue weighted by Crippen LogP contribution is 2.40. The number of para-hydroxylation sites is 3. The second-order valence-corrected chi connectivity index (χ2v) is 6.19. The van der Waals surface area contributed by atoms with E-state index < -0.39 is 29.0 Å². The van der Waals surface area contributed by atoms with E-state index in [0.717, 1.165) is 11.4 Å². The first-order valence-electron chi connectivity index (χ1n) is 8.51. The molecule has 0 aromatic heterocycles. The molecule has 9 heteroatoms. The molecule has 0 saturated carbocycles. The van der Waals surface area contributed by atoms with Crippen LogP contribution in [0.5, 0.6) is 0 Å². The number of carbonyl (C=O) groups is 2. The van der Waals surface area contributed by atoms with Gasteiger partial charge in [0.1, 0.15) is 23.0 Å². The van der Waals surface area contributed by atoms with Crippen LogP contribution in [0.1, 0.15) is 10.4 Å². The summed E-state index contributed by atoms with van der Waals surface area (Å²) in [7, 11) is 3.45. The molecule has 0 atom stereocenters. The van der Waals surface area contributed by atoms with Crippen molar-refractivity contribution in [1.29, 1.82) is 5.26 Å². The lowest BCUT2D eigenvalue weighted by atomic mass is 10.1. The van der Waals surface area contributed by atoms with Crippen LogP contribution in [-0.2, 0) is 9.53 Å². The van der Waals surface area contributed by atoms with E-state index in [9.17, 15) is 25.0 Å². The number of hydrogen-bond acceptors (Lipinski definition) is 8. The highest BCUT2D eigenvalue weighted by atomic mass is 16.6. The zero-order valence-corrected chi connectivity index (χ0v) is 15.7. The maximum atomic E-state index is 12.6. The summed E-state index contributed by atoms with van der Waals surface area (Å²) in [4.78, 5) is 38.6. The molecule has 0 fully saturated rings. The zero-order valence-electron chi connectivity index (χ0n) is 15.7. The average Bonchev–Trinajstić information content (AvgIpc) is 2.98. The van der Waals surface area contributed by atoms with Crippen molar-refractivity contribution >= 4 is 28.8 Å². The summed E-state index contributed by atoms with van der Waals surface area (Å²) in [6, 6.07) is 14.5. The Labute approximate surface area is 166 Å². The maximum Gasteiger partial charge on any atom is 0.345 e. The average molecular weight is 392 g/mol. The monoisotopic (exact) mass is 392 g/mol. The van der Waals surface area contributed by atoms with E-state index in [-0.39, 0.29) is 11.1 Å². The third-order valence-electron chi connectivity index (χ3n) is 4.51. The normalized spacial score (nSPS) is 12.2. The number of ether oxygens (including phenoxy) is 1. The number of benzene rings is 2. The van der Waals surface area contributed by atoms with Gasteiger partial charge < -0.3 is 14.5 Å². The van der Waals surface area contributed by atoms with Gasteiger partial charge in [-0.05, 0) is 18.2 Å². The number of carbonyl (C=O) groups excluding carboxylic acids is 2. The predicted molar refractivity (Wildman–Crippen MR) is 104 cm³/mol. The van der Waals surface area contributed by atoms with Crippen molar-refractivity contribution in [2.45, 2.75) is 0 Å². The summed E-state index contributed by atoms with van der Waals surface area (Å²) in [5, 5.41) is 20.6. The van der Waals surface area contributed by atoms with Crippen molar-refractivity contribution in [3.8, 4) is 6.07 Å². The van der Waals surface area contributed by atoms with E-state index in [2.05, 4.69) is 0 Å². The number of ketones is 1. The van der Waals surface area contributed by atoms with Crippen LogP contribution in [0, 0.1) is 21.4 Å². The fourth-order valence-electron chi connectivity index (χ4n) is 3.14. The standard InChI is InChI=1S/C20H16N4O5/c1-22-16-9-5-6-10-17(16)23(2)19(22)14(11-21)18(25)12-29-20(26)13-7-3-4-8-15(13)24(27)28/h3-10H,12H2,1-2H3. The number of nitriles is 1. The first-order valence-corrected chi connectivity index (χ1v) is 8.51. The molecule has 0 aliphatic carbocycles. The van der Waals surface area contributed by atoms with Crippen LogP contribution in [0.2, 0.25) is 0 Å². The van der Waals surface area contributed by atoms with Gasteiger partial charge in [0, 0.05) is 20.2 Å². The second kappa shape index (κ2) is 7.82. The zero-order chi connectivity index (χ0) is 21.1. The molecule has 29 heavy (non-hydrogen) atoms. The largest absolute Gasteiger partial charge is 0.453 e. The SMILES string of the molecule is CN1C(=C(C#N)C(=O)COC(=O)c2ccccc2[N+](=O)[O-])N(C)c2ccccc21. The Morgan fingerprint density at radius 2 is 1.62 bits per heavy atom. The van der Waals surface area contributed by atoms with Crippen LogP contribution < -0.4 is 9.80 Å². The molecule has 0 spiro atoms. The fourth-order valence-corrected chi connectivity index (χ4v) is 3.14. The van der Waals surface area contributed by atoms with Crippen molar-refractivity contribution in [3.63, 3.8) is 0 Å². The fraction of sp³-hybridized carbons (Fsp3) is 0.150. The number of nitrogens with zero attached hydrogens (tertiary/aromatic N) is 4. The lowest BCUT2D eigenvalue weighted by molar-refractivity contribution is -0.385. The summed E-state index contributed by atoms with van der Waals surface area (Å²) in [6.45, 7) is -0.713. The highest BCUT2D eigenvalue weighted by Gasteiger charge is 2.32. The van der Waals surface area contributed by atoms with Gasteiger partial charge >= 0.3 is 5.97 Å². The van der Waals surface area contributed by atoms with Crippen molar-refractivity contribution in [2.75, 3.05) is 30.5 Å². The molecule has 1 aliphatic rings. The van der Waals surface area contributed by atoms with Crippen molar-refractivity contribution in [2.24, 2.45) is 0 Å². The molecule has 0 N–H and O–H groups in total. The number of nitro benzene ring substituents is 1. The van der Waals surface area contributed by atoms with Crippen LogP contribution in [0.4, 0.5) is 17.1 Å². The van der Waals surface area contributed by atoms with Crippen LogP contribution in [-0.4, -0.2) is 37.4 Å². The molecule has 1 heterocycles. The van der Waals surface area contributed by atoms with E-state index >= 15 is 0 Å². The van der Waals surface area contributed by atoms with Crippen molar-refractivity contribution in [1.82, 2.24) is 0 Å². The molecular formula is C20H16N4O5. The van der Waals surface area contributed by atoms with Gasteiger partial charge in [0.2, 0.25) is 5.78 Å². The molecule has 0 unspecified atom stereocenters. The molecule has 1 aliphatic heterocycles. The minimum atomic E-state index is -1.01. The van der Waals surface area contributed by atoms with E-state index in [0.29, 0.717) is 5.82 Å². The van der Waals surface area contributed by atoms with Crippen LogP contribution in [0.15, 0.2) is 59.9 Å². The minimum absolute atomic E-state index is 0.179. The predicted octanol–water partition coefficient (Wildman–Crippen LogP) is 2.64. The molecule has 0 amide bonds. The van der Waals surface area contributed by atoms with Crippen molar-refractivity contribution < 1.29 is 19.2 Å². The molecule has 0 radical (unpaired) electrons. The third kappa shape index (κ3) is 3.51. The molecule has 0 bridgehead atoms. The molecule has 0 saturated heterocycles. The van der Waals surface area contributed by atoms with Crippen LogP contribution >= 0.6 is 0 Å². The van der Waals surface area contributed by atoms with E-state index in [1.165, 1.54) is 24.3 Å². The summed E-state index contributed by atoms with van der Waals surface area (Å²) < 4.78 is 4.96. The van der Waals surface area contributed by atoms with Crippen LogP contribution in [0.3, 0.4) is 0 Å². The van der Waals surface area contributed by atoms with Gasteiger partial charge in [0.15, 0.2) is 6.61 Å². The highest BCUT2D eigenvalue weighted by molar-refractivity contribution is 6.04. The number of nitro groups is 1. The summed E-state index contributed by atoms with van der Waals surface area (Å²) in [5.41, 5.74) is 0.778. The van der Waals surface area contributed by atoms with Gasteiger partial charge in [-0.2, -0.15) is 5.26 Å². The Morgan fingerprint density at radius 1 is 1.07 bits per heavy atom. The van der Waals surface area contributed by atoms with Gasteiger partial charge in [-0.25, -0.2) is 4.79 Å². The van der Waals surface area contributed by atoms with Gasteiger partial charge in [-0.3, -0.25) is 14.9 Å². The Hall–Kier alpha value is -4.19.